The fourth-order valence-electron chi connectivity index (χ4n) is 4.41. The lowest BCUT2D eigenvalue weighted by atomic mass is 9.91. The number of nitrogens with one attached hydrogen (secondary N) is 2. The van der Waals surface area contributed by atoms with Gasteiger partial charge in [-0.3, -0.25) is 14.4 Å². The normalized spacial score (nSPS) is 15.7. The van der Waals surface area contributed by atoms with Crippen LogP contribution in [0, 0.1) is 0 Å². The van der Waals surface area contributed by atoms with Crippen LogP contribution in [0.4, 0.5) is 23.1 Å². The predicted octanol–water partition coefficient (Wildman–Crippen LogP) is 4.71. The zero-order valence-corrected chi connectivity index (χ0v) is 26.7. The lowest BCUT2D eigenvalue weighted by Crippen LogP contribution is -2.50. The van der Waals surface area contributed by atoms with E-state index in [1.54, 1.807) is 43.5 Å². The van der Waals surface area contributed by atoms with E-state index in [0.717, 1.165) is 28.3 Å². The van der Waals surface area contributed by atoms with Gasteiger partial charge in [-0.05, 0) is 37.4 Å². The highest BCUT2D eigenvalue weighted by Crippen LogP contribution is 2.32. The van der Waals surface area contributed by atoms with E-state index in [1.165, 1.54) is 0 Å². The molecule has 3 aromatic rings. The standard InChI is InChI=1S/C29H33N5O5S.C2HF3O2/c1-5-23(35)22-17-40-28(30-22)32-26(36)25(18(2)19-9-7-6-8-10-19)34-27(37)24(31-29(34)38)20-11-13-21(14-12-20)39-16-15-33(3)4;3-2(4,5)1(6)7/h6-14,17-18,24-25H,5,15-16H2,1-4H3,(H,31,38)(H,30,32,36);(H,6,7)/t18-,24-,25-;/m0./s1. The molecule has 4 amide bonds. The van der Waals surface area contributed by atoms with Crippen LogP contribution in [-0.4, -0.2) is 89.0 Å². The largest absolute Gasteiger partial charge is 0.492 e. The lowest BCUT2D eigenvalue weighted by Gasteiger charge is -2.29. The molecular weight excluding hydrogens is 643 g/mol. The van der Waals surface area contributed by atoms with Crippen LogP contribution in [0.25, 0.3) is 0 Å². The van der Waals surface area contributed by atoms with E-state index in [-0.39, 0.29) is 23.0 Å². The average Bonchev–Trinajstić information content (AvgIpc) is 3.61. The van der Waals surface area contributed by atoms with Crippen molar-refractivity contribution in [1.82, 2.24) is 20.1 Å². The molecule has 1 fully saturated rings. The van der Waals surface area contributed by atoms with Gasteiger partial charge in [0.2, 0.25) is 5.91 Å². The summed E-state index contributed by atoms with van der Waals surface area (Å²) in [5.41, 5.74) is 1.63. The van der Waals surface area contributed by atoms with Crippen molar-refractivity contribution in [2.24, 2.45) is 0 Å². The van der Waals surface area contributed by atoms with E-state index in [4.69, 9.17) is 14.6 Å². The van der Waals surface area contributed by atoms with E-state index in [2.05, 4.69) is 15.6 Å². The molecule has 0 unspecified atom stereocenters. The van der Waals surface area contributed by atoms with E-state index >= 15 is 0 Å². The summed E-state index contributed by atoms with van der Waals surface area (Å²) in [6.45, 7) is 4.80. The lowest BCUT2D eigenvalue weighted by molar-refractivity contribution is -0.192. The Morgan fingerprint density at radius 2 is 1.72 bits per heavy atom. The van der Waals surface area contributed by atoms with Gasteiger partial charge in [-0.2, -0.15) is 13.2 Å². The number of imide groups is 1. The molecule has 1 aromatic heterocycles. The molecule has 2 aromatic carbocycles. The third-order valence-electron chi connectivity index (χ3n) is 6.92. The first-order valence-corrected chi connectivity index (χ1v) is 15.2. The number of aliphatic carboxylic acids is 1. The minimum Gasteiger partial charge on any atom is -0.492 e. The summed E-state index contributed by atoms with van der Waals surface area (Å²) < 4.78 is 37.5. The van der Waals surface area contributed by atoms with E-state index < -0.39 is 48.0 Å². The number of ketones is 1. The number of rotatable bonds is 12. The fraction of sp³-hybridized carbons (Fsp3) is 0.355. The van der Waals surface area contributed by atoms with Crippen LogP contribution in [0.15, 0.2) is 60.0 Å². The number of carboxylic acids is 1. The quantitative estimate of drug-likeness (QED) is 0.182. The van der Waals surface area contributed by atoms with Crippen molar-refractivity contribution in [3.63, 3.8) is 0 Å². The Morgan fingerprint density at radius 3 is 2.28 bits per heavy atom. The molecule has 0 saturated carbocycles. The number of carboxylic acid groups (broad SMARTS) is 1. The zero-order valence-electron chi connectivity index (χ0n) is 25.9. The fourth-order valence-corrected chi connectivity index (χ4v) is 5.13. The number of urea groups is 1. The van der Waals surface area contributed by atoms with Crippen LogP contribution < -0.4 is 15.4 Å². The number of carbonyl (C=O) groups excluding carboxylic acids is 4. The van der Waals surface area contributed by atoms with Gasteiger partial charge in [0.05, 0.1) is 0 Å². The molecular formula is C31H34F3N5O7S. The highest BCUT2D eigenvalue weighted by molar-refractivity contribution is 7.14. The maximum absolute atomic E-state index is 13.7. The predicted molar refractivity (Wildman–Crippen MR) is 166 cm³/mol. The third kappa shape index (κ3) is 9.83. The monoisotopic (exact) mass is 677 g/mol. The van der Waals surface area contributed by atoms with Crippen molar-refractivity contribution in [3.05, 3.63) is 76.8 Å². The Balaban J connectivity index is 0.000000771. The smallest absolute Gasteiger partial charge is 0.490 e. The van der Waals surface area contributed by atoms with E-state index in [9.17, 15) is 32.3 Å². The van der Waals surface area contributed by atoms with Gasteiger partial charge in [0.15, 0.2) is 10.9 Å². The number of thiazole rings is 1. The molecule has 4 rings (SSSR count). The molecule has 0 bridgehead atoms. The van der Waals surface area contributed by atoms with Gasteiger partial charge in [-0.15, -0.1) is 11.3 Å². The first-order chi connectivity index (χ1) is 22.1. The second kappa shape index (κ2) is 16.1. The summed E-state index contributed by atoms with van der Waals surface area (Å²) >= 11 is 1.11. The molecule has 1 aliphatic rings. The number of carbonyl (C=O) groups is 5. The maximum atomic E-state index is 13.7. The second-order valence-corrected chi connectivity index (χ2v) is 11.4. The number of Topliss-reactive ketones (excluding diaryl/α,β-unsaturated/α-hetero) is 1. The molecule has 252 valence electrons. The number of hydrogen-bond acceptors (Lipinski definition) is 9. The van der Waals surface area contributed by atoms with Crippen molar-refractivity contribution < 1.29 is 47.0 Å². The first-order valence-electron chi connectivity index (χ1n) is 14.3. The number of alkyl halides is 3. The molecule has 1 saturated heterocycles. The minimum atomic E-state index is -5.08. The minimum absolute atomic E-state index is 0.142. The van der Waals surface area contributed by atoms with Crippen molar-refractivity contribution in [3.8, 4) is 5.75 Å². The summed E-state index contributed by atoms with van der Waals surface area (Å²) in [5, 5.41) is 14.4. The summed E-state index contributed by atoms with van der Waals surface area (Å²) in [6, 6.07) is 13.4. The highest BCUT2D eigenvalue weighted by atomic mass is 32.1. The van der Waals surface area contributed by atoms with Gasteiger partial charge in [0, 0.05) is 24.3 Å². The zero-order chi connectivity index (χ0) is 34.9. The SMILES string of the molecule is CCC(=O)c1csc(NC(=O)[C@H]([C@@H](C)c2ccccc2)N2C(=O)N[C@@H](c3ccc(OCCN(C)C)cc3)C2=O)n1.O=C(O)C(F)(F)F. The second-order valence-electron chi connectivity index (χ2n) is 10.6. The van der Waals surface area contributed by atoms with Gasteiger partial charge in [0.1, 0.15) is 30.1 Å². The summed E-state index contributed by atoms with van der Waals surface area (Å²) in [4.78, 5) is 68.7. The third-order valence-corrected chi connectivity index (χ3v) is 7.68. The number of benzene rings is 2. The Labute approximate surface area is 272 Å². The summed E-state index contributed by atoms with van der Waals surface area (Å²) in [7, 11) is 3.92. The van der Waals surface area contributed by atoms with Crippen molar-refractivity contribution in [2.45, 2.75) is 44.4 Å². The van der Waals surface area contributed by atoms with Crippen LogP contribution in [0.5, 0.6) is 5.75 Å². The van der Waals surface area contributed by atoms with Gasteiger partial charge >= 0.3 is 18.2 Å². The van der Waals surface area contributed by atoms with Gasteiger partial charge < -0.3 is 25.4 Å². The molecule has 3 atom stereocenters. The number of nitrogens with zero attached hydrogens (tertiary/aromatic N) is 3. The topological polar surface area (TPSA) is 158 Å². The molecule has 0 radical (unpaired) electrons. The van der Waals surface area contributed by atoms with Gasteiger partial charge in [-0.1, -0.05) is 56.3 Å². The van der Waals surface area contributed by atoms with Crippen LogP contribution in [0.3, 0.4) is 0 Å². The van der Waals surface area contributed by atoms with Crippen LogP contribution in [0.2, 0.25) is 0 Å². The molecule has 0 aliphatic carbocycles. The number of halogens is 3. The molecule has 12 nitrogen and oxygen atoms in total. The Bertz CT molecular complexity index is 1570. The van der Waals surface area contributed by atoms with Crippen LogP contribution in [0.1, 0.15) is 53.8 Å². The maximum Gasteiger partial charge on any atom is 0.490 e. The Morgan fingerprint density at radius 1 is 1.11 bits per heavy atom. The number of hydrogen-bond donors (Lipinski definition) is 3. The number of anilines is 1. The molecule has 16 heteroatoms. The van der Waals surface area contributed by atoms with Crippen LogP contribution in [-0.2, 0) is 14.4 Å². The Kier molecular flexibility index (Phi) is 12.6. The number of likely N-dealkylation sites (N-methyl/N-ethyl adjacent to an activating group) is 1. The summed E-state index contributed by atoms with van der Waals surface area (Å²) in [5.74, 6) is -3.88. The van der Waals surface area contributed by atoms with Crippen molar-refractivity contribution in [2.75, 3.05) is 32.6 Å². The molecule has 0 spiro atoms. The first kappa shape index (κ1) is 36.6. The Hall–Kier alpha value is -4.83. The number of aromatic nitrogens is 1. The van der Waals surface area contributed by atoms with Crippen molar-refractivity contribution in [1.29, 1.82) is 0 Å². The van der Waals surface area contributed by atoms with Crippen LogP contribution >= 0.6 is 11.3 Å². The van der Waals surface area contributed by atoms with E-state index in [0.29, 0.717) is 17.9 Å². The molecule has 1 aliphatic heterocycles. The van der Waals surface area contributed by atoms with E-state index in [1.807, 2.05) is 49.3 Å². The van der Waals surface area contributed by atoms with Crippen molar-refractivity contribution >= 4 is 46.1 Å². The van der Waals surface area contributed by atoms with Gasteiger partial charge in [0.25, 0.3) is 5.91 Å². The molecule has 47 heavy (non-hydrogen) atoms. The highest BCUT2D eigenvalue weighted by Gasteiger charge is 2.47. The number of amides is 4. The number of ether oxygens (including phenoxy) is 1. The molecule has 2 heterocycles. The average molecular weight is 678 g/mol. The summed E-state index contributed by atoms with van der Waals surface area (Å²) in [6.07, 6.45) is -4.79. The molecule has 3 N–H and O–H groups in total. The van der Waals surface area contributed by atoms with Gasteiger partial charge in [-0.25, -0.2) is 19.5 Å².